The molecule has 1 aliphatic rings. The van der Waals surface area contributed by atoms with Crippen LogP contribution in [0.5, 0.6) is 0 Å². The van der Waals surface area contributed by atoms with Crippen molar-refractivity contribution in [1.82, 2.24) is 0 Å². The maximum atomic E-state index is 2.99. The molecule has 0 aliphatic heterocycles. The number of benzene rings is 6. The maximum Gasteiger partial charge on any atom is -0.0139 e. The summed E-state index contributed by atoms with van der Waals surface area (Å²) in [4.78, 5) is 0. The largest absolute Gasteiger partial charge is 1.00 e. The summed E-state index contributed by atoms with van der Waals surface area (Å²) in [5.74, 6) is 0. The van der Waals surface area contributed by atoms with Crippen LogP contribution in [0.3, 0.4) is 0 Å². The summed E-state index contributed by atoms with van der Waals surface area (Å²) in [6.07, 6.45) is 12.2. The van der Waals surface area contributed by atoms with E-state index in [0.717, 1.165) is 19.3 Å². The Morgan fingerprint density at radius 2 is 0.950 bits per heavy atom. The zero-order valence-corrected chi connectivity index (χ0v) is 41.2. The van der Waals surface area contributed by atoms with Gasteiger partial charge in [0.25, 0.3) is 0 Å². The summed E-state index contributed by atoms with van der Waals surface area (Å²) >= 11 is 1.55. The van der Waals surface area contributed by atoms with Gasteiger partial charge in [0.15, 0.2) is 0 Å². The van der Waals surface area contributed by atoms with Crippen LogP contribution in [0.4, 0.5) is 0 Å². The van der Waals surface area contributed by atoms with E-state index in [2.05, 4.69) is 209 Å². The Kier molecular flexibility index (Phi) is 17.2. The van der Waals surface area contributed by atoms with Crippen molar-refractivity contribution < 1.29 is 49.0 Å². The second-order valence-corrected chi connectivity index (χ2v) is 19.9. The molecule has 308 valence electrons. The third kappa shape index (κ3) is 12.3. The molecule has 1 aliphatic carbocycles. The van der Waals surface area contributed by atoms with Gasteiger partial charge in [-0.2, -0.15) is 6.08 Å². The number of halogens is 2. The van der Waals surface area contributed by atoms with E-state index in [0.29, 0.717) is 0 Å². The van der Waals surface area contributed by atoms with E-state index < -0.39 is 0 Å². The second kappa shape index (κ2) is 21.2. The van der Waals surface area contributed by atoms with E-state index in [1.54, 1.807) is 27.4 Å². The van der Waals surface area contributed by atoms with Crippen molar-refractivity contribution >= 4 is 24.8 Å². The molecular formula is C57H60Cl2Zr-2. The monoisotopic (exact) mass is 904 g/mol. The Bertz CT molecular complexity index is 2410. The van der Waals surface area contributed by atoms with Crippen molar-refractivity contribution in [2.24, 2.45) is 0 Å². The Balaban J connectivity index is 0.000000265. The molecule has 0 radical (unpaired) electrons. The first-order valence-corrected chi connectivity index (χ1v) is 22.0. The first-order valence-electron chi connectivity index (χ1n) is 20.8. The van der Waals surface area contributed by atoms with Crippen molar-refractivity contribution in [3.63, 3.8) is 0 Å². The fraction of sp³-hybridized carbons (Fsp3) is 0.263. The molecule has 60 heavy (non-hydrogen) atoms. The van der Waals surface area contributed by atoms with Gasteiger partial charge in [0.1, 0.15) is 0 Å². The molecule has 0 unspecified atom stereocenters. The smallest absolute Gasteiger partial charge is 0.0139 e. The predicted molar refractivity (Wildman–Crippen MR) is 251 cm³/mol. The summed E-state index contributed by atoms with van der Waals surface area (Å²) in [5.41, 5.74) is 16.5. The van der Waals surface area contributed by atoms with E-state index in [-0.39, 0.29) is 35.6 Å². The Morgan fingerprint density at radius 1 is 0.550 bits per heavy atom. The minimum atomic E-state index is 0. The molecule has 0 amide bonds. The number of allylic oxidation sites excluding steroid dienone is 4. The van der Waals surface area contributed by atoms with E-state index in [9.17, 15) is 0 Å². The molecule has 0 bridgehead atoms. The Labute approximate surface area is 388 Å². The fourth-order valence-corrected chi connectivity index (χ4v) is 8.85. The zero-order valence-electron chi connectivity index (χ0n) is 37.2. The quantitative estimate of drug-likeness (QED) is 0.146. The van der Waals surface area contributed by atoms with Crippen molar-refractivity contribution in [3.8, 4) is 22.3 Å². The van der Waals surface area contributed by atoms with E-state index in [4.69, 9.17) is 0 Å². The molecule has 0 N–H and O–H groups in total. The fourth-order valence-electron chi connectivity index (χ4n) is 7.85. The van der Waals surface area contributed by atoms with Crippen LogP contribution in [0.1, 0.15) is 92.5 Å². The molecule has 8 rings (SSSR count). The van der Waals surface area contributed by atoms with Crippen molar-refractivity contribution in [1.29, 1.82) is 0 Å². The van der Waals surface area contributed by atoms with Crippen molar-refractivity contribution in [3.05, 3.63) is 196 Å². The van der Waals surface area contributed by atoms with E-state index in [1.165, 1.54) is 88.3 Å². The van der Waals surface area contributed by atoms with Gasteiger partial charge in [0.2, 0.25) is 0 Å². The van der Waals surface area contributed by atoms with Crippen LogP contribution in [0.2, 0.25) is 0 Å². The van der Waals surface area contributed by atoms with Gasteiger partial charge in [-0.3, -0.25) is 6.08 Å². The van der Waals surface area contributed by atoms with Gasteiger partial charge in [0.05, 0.1) is 0 Å². The number of fused-ring (bicyclic) bond motifs is 3. The molecule has 0 heterocycles. The predicted octanol–water partition coefficient (Wildman–Crippen LogP) is 9.38. The minimum Gasteiger partial charge on any atom is -1.00 e. The topological polar surface area (TPSA) is 0 Å². The van der Waals surface area contributed by atoms with Crippen LogP contribution in [0.25, 0.3) is 43.8 Å². The second-order valence-electron chi connectivity index (χ2n) is 18.2. The van der Waals surface area contributed by atoms with Crippen LogP contribution >= 0.6 is 0 Å². The molecular weight excluding hydrogens is 847 g/mol. The zero-order chi connectivity index (χ0) is 41.6. The number of aryl methyl sites for hydroxylation is 4. The standard InChI is InChI=1S/C35H37.C17H18.C5H5.2ClH.Zr/c1-22-13-9-11-15-26(22)30-18-24-17-25-19-31(27-16-12-10-14-23(27)2)33(35(6,7)8)21-29(25)28(24)20-32(30)34(3,4)5;1-14-6-10-16(11-7-14)4-3-5-17-12-8-15(2)9-13-17;1-2-4-5-3-1;;;/h9-21H,1-8H3;6-13H,4-5H2,1-2H3;1-3H,4H2;2*1H;/q-1;;-1;;;+2/p-2. The molecule has 0 saturated carbocycles. The van der Waals surface area contributed by atoms with Gasteiger partial charge in [0, 0.05) is 0 Å². The van der Waals surface area contributed by atoms with Gasteiger partial charge in [-0.15, -0.1) is 46.2 Å². The van der Waals surface area contributed by atoms with E-state index in [1.807, 2.05) is 12.2 Å². The summed E-state index contributed by atoms with van der Waals surface area (Å²) < 4.78 is 1.61. The number of hydrogen-bond donors (Lipinski definition) is 0. The maximum absolute atomic E-state index is 2.99. The first kappa shape index (κ1) is 48.7. The summed E-state index contributed by atoms with van der Waals surface area (Å²) in [6, 6.07) is 47.5. The van der Waals surface area contributed by atoms with Crippen LogP contribution < -0.4 is 24.8 Å². The summed E-state index contributed by atoms with van der Waals surface area (Å²) in [5, 5.41) is 5.38. The molecule has 0 aromatic heterocycles. The summed E-state index contributed by atoms with van der Waals surface area (Å²) in [7, 11) is 0. The third-order valence-electron chi connectivity index (χ3n) is 11.1. The van der Waals surface area contributed by atoms with Gasteiger partial charge in [-0.25, -0.2) is 12.2 Å². The van der Waals surface area contributed by atoms with Gasteiger partial charge >= 0.3 is 125 Å². The number of rotatable bonds is 6. The average molecular weight is 907 g/mol. The molecule has 7 aromatic carbocycles. The molecule has 0 nitrogen and oxygen atoms in total. The molecule has 7 aromatic rings. The normalized spacial score (nSPS) is 11.9. The molecule has 0 fully saturated rings. The van der Waals surface area contributed by atoms with E-state index >= 15 is 0 Å². The Hall–Kier alpha value is -4.00. The SMILES string of the molecule is Cc1ccc(C[C](=[Zr+2])Cc2ccc(C)cc2)cc1.Cc1ccccc1-c1cc2[cH-]c3cc(-c4ccccc4C)c(C(C)(C)C)cc3c2cc1C(C)(C)C.[C-]1=CC=CC1.[Cl-].[Cl-]. The van der Waals surface area contributed by atoms with Gasteiger partial charge < -0.3 is 24.8 Å². The summed E-state index contributed by atoms with van der Waals surface area (Å²) in [6.45, 7) is 22.7. The first-order chi connectivity index (χ1) is 27.6. The van der Waals surface area contributed by atoms with Crippen LogP contribution in [-0.4, -0.2) is 3.21 Å². The van der Waals surface area contributed by atoms with Gasteiger partial charge in [-0.1, -0.05) is 102 Å². The molecule has 3 heteroatoms. The third-order valence-corrected chi connectivity index (χ3v) is 12.0. The molecule has 0 spiro atoms. The average Bonchev–Trinajstić information content (AvgIpc) is 3.88. The molecule has 0 saturated heterocycles. The van der Waals surface area contributed by atoms with Crippen molar-refractivity contribution in [2.75, 3.05) is 0 Å². The van der Waals surface area contributed by atoms with Gasteiger partial charge in [-0.05, 0) is 69.2 Å². The van der Waals surface area contributed by atoms with Crippen molar-refractivity contribution in [2.45, 2.75) is 99.3 Å². The Morgan fingerprint density at radius 3 is 1.27 bits per heavy atom. The van der Waals surface area contributed by atoms with Crippen LogP contribution in [-0.2, 0) is 47.9 Å². The number of hydrogen-bond acceptors (Lipinski definition) is 0. The minimum absolute atomic E-state index is 0. The van der Waals surface area contributed by atoms with Crippen LogP contribution in [0, 0.1) is 33.8 Å². The molecule has 0 atom stereocenters. The van der Waals surface area contributed by atoms with Crippen LogP contribution in [0.15, 0.2) is 146 Å².